The zero-order chi connectivity index (χ0) is 16.1. The fourth-order valence-electron chi connectivity index (χ4n) is 2.34. The molecule has 0 aliphatic heterocycles. The summed E-state index contributed by atoms with van der Waals surface area (Å²) in [6.07, 6.45) is 0.735. The maximum Gasteiger partial charge on any atom is 0.254 e. The summed E-state index contributed by atoms with van der Waals surface area (Å²) in [7, 11) is 0. The number of benzene rings is 2. The molecule has 0 bridgehead atoms. The van der Waals surface area contributed by atoms with Crippen molar-refractivity contribution in [3.8, 4) is 0 Å². The molecule has 1 atom stereocenters. The maximum absolute atomic E-state index is 13.7. The molecule has 0 unspecified atom stereocenters. The topological polar surface area (TPSA) is 29.1 Å². The second kappa shape index (κ2) is 7.16. The first-order valence-electron chi connectivity index (χ1n) is 7.28. The van der Waals surface area contributed by atoms with E-state index in [1.54, 1.807) is 0 Å². The summed E-state index contributed by atoms with van der Waals surface area (Å²) >= 11 is 0. The first-order chi connectivity index (χ1) is 10.5. The number of nitrogens with one attached hydrogen (secondary N) is 1. The van der Waals surface area contributed by atoms with Crippen LogP contribution >= 0.6 is 0 Å². The predicted molar refractivity (Wildman–Crippen MR) is 82.5 cm³/mol. The van der Waals surface area contributed by atoms with Crippen LogP contribution in [0.4, 0.5) is 8.78 Å². The van der Waals surface area contributed by atoms with E-state index in [2.05, 4.69) is 19.2 Å². The molecule has 2 aromatic rings. The average Bonchev–Trinajstić information content (AvgIpc) is 2.46. The van der Waals surface area contributed by atoms with E-state index in [0.717, 1.165) is 30.2 Å². The highest BCUT2D eigenvalue weighted by atomic mass is 19.1. The lowest BCUT2D eigenvalue weighted by molar-refractivity contribution is 0.0928. The molecule has 0 aliphatic carbocycles. The zero-order valence-electron chi connectivity index (χ0n) is 12.6. The first kappa shape index (κ1) is 16.1. The lowest BCUT2D eigenvalue weighted by atomic mass is 9.96. The van der Waals surface area contributed by atoms with Crippen molar-refractivity contribution < 1.29 is 13.6 Å². The van der Waals surface area contributed by atoms with Crippen LogP contribution in [0.25, 0.3) is 0 Å². The first-order valence-corrected chi connectivity index (χ1v) is 7.28. The van der Waals surface area contributed by atoms with Crippen molar-refractivity contribution in [1.29, 1.82) is 0 Å². The Morgan fingerprint density at radius 3 is 2.36 bits per heavy atom. The van der Waals surface area contributed by atoms with Gasteiger partial charge in [0.1, 0.15) is 11.6 Å². The summed E-state index contributed by atoms with van der Waals surface area (Å²) in [5.41, 5.74) is 0.818. The normalized spacial score (nSPS) is 12.2. The molecule has 1 amide bonds. The number of hydrogen-bond donors (Lipinski definition) is 1. The Morgan fingerprint density at radius 2 is 1.77 bits per heavy atom. The Balaban J connectivity index is 2.21. The summed E-state index contributed by atoms with van der Waals surface area (Å²) in [5, 5.41) is 2.84. The predicted octanol–water partition coefficient (Wildman–Crippen LogP) is 4.48. The van der Waals surface area contributed by atoms with E-state index in [0.29, 0.717) is 5.92 Å². The summed E-state index contributed by atoms with van der Waals surface area (Å²) in [5.74, 6) is -1.72. The number of amides is 1. The molecular formula is C18H19F2NO. The van der Waals surface area contributed by atoms with Gasteiger partial charge in [0.2, 0.25) is 0 Å². The van der Waals surface area contributed by atoms with Gasteiger partial charge in [0.15, 0.2) is 0 Å². The molecule has 0 fully saturated rings. The Morgan fingerprint density at radius 1 is 1.09 bits per heavy atom. The third-order valence-corrected chi connectivity index (χ3v) is 3.39. The molecule has 4 heteroatoms. The highest BCUT2D eigenvalue weighted by Gasteiger charge is 2.19. The van der Waals surface area contributed by atoms with Crippen LogP contribution < -0.4 is 5.32 Å². The molecule has 22 heavy (non-hydrogen) atoms. The fraction of sp³-hybridized carbons (Fsp3) is 0.278. The lowest BCUT2D eigenvalue weighted by Gasteiger charge is -2.21. The van der Waals surface area contributed by atoms with Crippen molar-refractivity contribution in [2.75, 3.05) is 0 Å². The molecule has 0 radical (unpaired) electrons. The Kier molecular flexibility index (Phi) is 5.26. The second-order valence-corrected chi connectivity index (χ2v) is 5.69. The minimum atomic E-state index is -0.853. The van der Waals surface area contributed by atoms with Crippen LogP contribution in [0, 0.1) is 17.6 Å². The van der Waals surface area contributed by atoms with Crippen molar-refractivity contribution in [2.45, 2.75) is 26.3 Å². The molecule has 0 heterocycles. The molecule has 2 aromatic carbocycles. The third kappa shape index (κ3) is 4.13. The summed E-state index contributed by atoms with van der Waals surface area (Å²) < 4.78 is 26.7. The van der Waals surface area contributed by atoms with Crippen LogP contribution in [0.5, 0.6) is 0 Å². The van der Waals surface area contributed by atoms with E-state index >= 15 is 0 Å². The van der Waals surface area contributed by atoms with Gasteiger partial charge in [-0.1, -0.05) is 44.2 Å². The van der Waals surface area contributed by atoms with Gasteiger partial charge < -0.3 is 5.32 Å². The largest absolute Gasteiger partial charge is 0.345 e. The highest BCUT2D eigenvalue weighted by molar-refractivity contribution is 5.94. The number of carbonyl (C=O) groups is 1. The van der Waals surface area contributed by atoms with E-state index in [9.17, 15) is 13.6 Å². The van der Waals surface area contributed by atoms with Gasteiger partial charge in [0.05, 0.1) is 11.6 Å². The smallest absolute Gasteiger partial charge is 0.254 e. The Hall–Kier alpha value is -2.23. The molecule has 0 saturated carbocycles. The van der Waals surface area contributed by atoms with Crippen LogP contribution in [0.2, 0.25) is 0 Å². The van der Waals surface area contributed by atoms with Crippen LogP contribution in [0.1, 0.15) is 42.2 Å². The monoisotopic (exact) mass is 303 g/mol. The van der Waals surface area contributed by atoms with Crippen molar-refractivity contribution in [2.24, 2.45) is 5.92 Å². The highest BCUT2D eigenvalue weighted by Crippen LogP contribution is 2.22. The molecule has 0 aromatic heterocycles. The number of carbonyl (C=O) groups excluding carboxylic acids is 1. The van der Waals surface area contributed by atoms with E-state index in [4.69, 9.17) is 0 Å². The SMILES string of the molecule is CC(C)C[C@H](NC(=O)c1ccc(F)cc1F)c1ccccc1. The molecule has 1 N–H and O–H groups in total. The molecule has 0 spiro atoms. The van der Waals surface area contributed by atoms with Gasteiger partial charge in [-0.15, -0.1) is 0 Å². The van der Waals surface area contributed by atoms with Gasteiger partial charge >= 0.3 is 0 Å². The van der Waals surface area contributed by atoms with Crippen molar-refractivity contribution in [3.05, 3.63) is 71.3 Å². The Bertz CT molecular complexity index is 641. The molecule has 2 nitrogen and oxygen atoms in total. The Labute approximate surface area is 129 Å². The van der Waals surface area contributed by atoms with Gasteiger partial charge in [-0.25, -0.2) is 8.78 Å². The van der Waals surface area contributed by atoms with Crippen LogP contribution in [0.3, 0.4) is 0 Å². The summed E-state index contributed by atoms with van der Waals surface area (Å²) in [6.45, 7) is 4.11. The lowest BCUT2D eigenvalue weighted by Crippen LogP contribution is -2.30. The minimum Gasteiger partial charge on any atom is -0.345 e. The summed E-state index contributed by atoms with van der Waals surface area (Å²) in [6, 6.07) is 12.3. The van der Waals surface area contributed by atoms with E-state index in [1.165, 1.54) is 0 Å². The van der Waals surface area contributed by atoms with Crippen LogP contribution in [-0.2, 0) is 0 Å². The van der Waals surface area contributed by atoms with Gasteiger partial charge in [0.25, 0.3) is 5.91 Å². The van der Waals surface area contributed by atoms with Crippen molar-refractivity contribution >= 4 is 5.91 Å². The average molecular weight is 303 g/mol. The van der Waals surface area contributed by atoms with Gasteiger partial charge in [-0.3, -0.25) is 4.79 Å². The fourth-order valence-corrected chi connectivity index (χ4v) is 2.34. The van der Waals surface area contributed by atoms with Crippen LogP contribution in [0.15, 0.2) is 48.5 Å². The number of rotatable bonds is 5. The van der Waals surface area contributed by atoms with Gasteiger partial charge in [-0.05, 0) is 30.0 Å². The van der Waals surface area contributed by atoms with Gasteiger partial charge in [-0.2, -0.15) is 0 Å². The standard InChI is InChI=1S/C18H19F2NO/c1-12(2)10-17(13-6-4-3-5-7-13)21-18(22)15-9-8-14(19)11-16(15)20/h3-9,11-12,17H,10H2,1-2H3,(H,21,22)/t17-/m0/s1. The molecule has 0 aliphatic rings. The van der Waals surface area contributed by atoms with E-state index < -0.39 is 17.5 Å². The molecule has 116 valence electrons. The summed E-state index contributed by atoms with van der Waals surface area (Å²) in [4.78, 5) is 12.3. The van der Waals surface area contributed by atoms with E-state index in [-0.39, 0.29) is 11.6 Å². The van der Waals surface area contributed by atoms with Crippen molar-refractivity contribution in [1.82, 2.24) is 5.32 Å². The second-order valence-electron chi connectivity index (χ2n) is 5.69. The quantitative estimate of drug-likeness (QED) is 0.867. The zero-order valence-corrected chi connectivity index (χ0v) is 12.6. The third-order valence-electron chi connectivity index (χ3n) is 3.39. The number of hydrogen-bond acceptors (Lipinski definition) is 1. The number of halogens is 2. The molecule has 0 saturated heterocycles. The van der Waals surface area contributed by atoms with Gasteiger partial charge in [0, 0.05) is 6.07 Å². The van der Waals surface area contributed by atoms with Crippen molar-refractivity contribution in [3.63, 3.8) is 0 Å². The molecule has 2 rings (SSSR count). The minimum absolute atomic E-state index is 0.147. The molecular weight excluding hydrogens is 284 g/mol. The van der Waals surface area contributed by atoms with Crippen LogP contribution in [-0.4, -0.2) is 5.91 Å². The maximum atomic E-state index is 13.7. The van der Waals surface area contributed by atoms with E-state index in [1.807, 2.05) is 30.3 Å².